The number of benzene rings is 1. The Morgan fingerprint density at radius 1 is 1.53 bits per heavy atom. The highest BCUT2D eigenvalue weighted by molar-refractivity contribution is 5.77. The summed E-state index contributed by atoms with van der Waals surface area (Å²) in [5.74, 6) is 1.40. The van der Waals surface area contributed by atoms with Crippen LogP contribution in [-0.2, 0) is 0 Å². The number of fused-ring (bicyclic) bond motifs is 4. The van der Waals surface area contributed by atoms with Gasteiger partial charge in [-0.25, -0.2) is 4.79 Å². The molecular formula is C12H14N2O3. The zero-order valence-corrected chi connectivity index (χ0v) is 9.74. The molecule has 17 heavy (non-hydrogen) atoms. The van der Waals surface area contributed by atoms with Gasteiger partial charge in [0.2, 0.25) is 0 Å². The first-order chi connectivity index (χ1) is 8.11. The maximum atomic E-state index is 11.5. The highest BCUT2D eigenvalue weighted by atomic mass is 16.5. The molecule has 0 spiro atoms. The topological polar surface area (TPSA) is 59.6 Å². The molecule has 0 saturated carbocycles. The summed E-state index contributed by atoms with van der Waals surface area (Å²) in [4.78, 5) is 11.5. The van der Waals surface area contributed by atoms with Gasteiger partial charge >= 0.3 is 6.03 Å². The van der Waals surface area contributed by atoms with E-state index in [9.17, 15) is 4.79 Å². The van der Waals surface area contributed by atoms with Crippen molar-refractivity contribution in [3.63, 3.8) is 0 Å². The summed E-state index contributed by atoms with van der Waals surface area (Å²) < 4.78 is 11.2. The summed E-state index contributed by atoms with van der Waals surface area (Å²) in [6, 6.07) is 5.49. The quantitative estimate of drug-likeness (QED) is 0.775. The maximum absolute atomic E-state index is 11.5. The number of urea groups is 1. The zero-order chi connectivity index (χ0) is 12.0. The first kappa shape index (κ1) is 10.3. The van der Waals surface area contributed by atoms with Crippen LogP contribution in [0.2, 0.25) is 0 Å². The Balaban J connectivity index is 2.12. The molecule has 0 unspecified atom stereocenters. The van der Waals surface area contributed by atoms with Gasteiger partial charge in [-0.2, -0.15) is 0 Å². The van der Waals surface area contributed by atoms with Gasteiger partial charge in [-0.05, 0) is 13.0 Å². The van der Waals surface area contributed by atoms with Gasteiger partial charge in [0.1, 0.15) is 0 Å². The zero-order valence-electron chi connectivity index (χ0n) is 9.74. The Labute approximate surface area is 99.1 Å². The largest absolute Gasteiger partial charge is 0.493 e. The van der Waals surface area contributed by atoms with Crippen LogP contribution in [0.15, 0.2) is 18.2 Å². The summed E-state index contributed by atoms with van der Waals surface area (Å²) in [5, 5.41) is 5.68. The van der Waals surface area contributed by atoms with E-state index in [-0.39, 0.29) is 12.1 Å². The summed E-state index contributed by atoms with van der Waals surface area (Å²) in [6.45, 7) is 1.87. The lowest BCUT2D eigenvalue weighted by atomic mass is 9.91. The fourth-order valence-corrected chi connectivity index (χ4v) is 2.48. The van der Waals surface area contributed by atoms with Gasteiger partial charge in [0.25, 0.3) is 0 Å². The molecule has 0 aliphatic carbocycles. The molecule has 1 fully saturated rings. The number of rotatable bonds is 1. The average molecular weight is 234 g/mol. The van der Waals surface area contributed by atoms with E-state index < -0.39 is 5.72 Å². The minimum atomic E-state index is -0.658. The second-order valence-corrected chi connectivity index (χ2v) is 4.57. The highest BCUT2D eigenvalue weighted by Gasteiger charge is 2.44. The number of carbonyl (C=O) groups excluding carboxylic acids is 1. The van der Waals surface area contributed by atoms with Crippen molar-refractivity contribution in [1.29, 1.82) is 0 Å². The number of ether oxygens (including phenoxy) is 2. The molecular weight excluding hydrogens is 220 g/mol. The number of amides is 2. The molecule has 2 atom stereocenters. The molecule has 2 N–H and O–H groups in total. The standard InChI is InChI=1S/C12H14N2O3/c1-12-6-8(13-11(15)14-12)7-4-3-5-9(16-2)10(7)17-12/h3-5,8H,6H2,1-2H3,(H2,13,14,15)/t8-,12+/m0/s1. The fourth-order valence-electron chi connectivity index (χ4n) is 2.48. The van der Waals surface area contributed by atoms with E-state index in [2.05, 4.69) is 10.6 Å². The van der Waals surface area contributed by atoms with Gasteiger partial charge in [0.15, 0.2) is 17.2 Å². The molecule has 2 aliphatic heterocycles. The van der Waals surface area contributed by atoms with Crippen molar-refractivity contribution >= 4 is 6.03 Å². The predicted molar refractivity (Wildman–Crippen MR) is 61.1 cm³/mol. The average Bonchev–Trinajstić information content (AvgIpc) is 2.26. The van der Waals surface area contributed by atoms with Gasteiger partial charge < -0.3 is 20.1 Å². The van der Waals surface area contributed by atoms with Gasteiger partial charge in [0.05, 0.1) is 13.2 Å². The van der Waals surface area contributed by atoms with Crippen molar-refractivity contribution in [1.82, 2.24) is 10.6 Å². The van der Waals surface area contributed by atoms with Crippen molar-refractivity contribution in [3.8, 4) is 11.5 Å². The van der Waals surface area contributed by atoms with E-state index >= 15 is 0 Å². The first-order valence-corrected chi connectivity index (χ1v) is 5.56. The minimum absolute atomic E-state index is 0.0207. The molecule has 90 valence electrons. The van der Waals surface area contributed by atoms with Crippen molar-refractivity contribution in [3.05, 3.63) is 23.8 Å². The van der Waals surface area contributed by atoms with Crippen LogP contribution in [0.25, 0.3) is 0 Å². The lowest BCUT2D eigenvalue weighted by molar-refractivity contribution is 0.00942. The highest BCUT2D eigenvalue weighted by Crippen LogP contribution is 2.45. The number of carbonyl (C=O) groups is 1. The third-order valence-corrected chi connectivity index (χ3v) is 3.21. The molecule has 5 nitrogen and oxygen atoms in total. The third kappa shape index (κ3) is 1.50. The van der Waals surface area contributed by atoms with Gasteiger partial charge in [0, 0.05) is 12.0 Å². The van der Waals surface area contributed by atoms with Crippen LogP contribution >= 0.6 is 0 Å². The molecule has 1 saturated heterocycles. The number of methoxy groups -OCH3 is 1. The van der Waals surface area contributed by atoms with Crippen LogP contribution in [0.3, 0.4) is 0 Å². The van der Waals surface area contributed by atoms with Crippen LogP contribution < -0.4 is 20.1 Å². The molecule has 5 heteroatoms. The molecule has 0 radical (unpaired) electrons. The van der Waals surface area contributed by atoms with E-state index in [0.29, 0.717) is 17.9 Å². The first-order valence-electron chi connectivity index (χ1n) is 5.56. The van der Waals surface area contributed by atoms with Gasteiger partial charge in [-0.15, -0.1) is 0 Å². The number of para-hydroxylation sites is 1. The Morgan fingerprint density at radius 2 is 2.35 bits per heavy atom. The Kier molecular flexibility index (Phi) is 1.98. The van der Waals surface area contributed by atoms with Crippen molar-refractivity contribution in [2.75, 3.05) is 7.11 Å². The number of hydrogen-bond acceptors (Lipinski definition) is 3. The predicted octanol–water partition coefficient (Wildman–Crippen LogP) is 1.55. The lowest BCUT2D eigenvalue weighted by Crippen LogP contribution is -2.62. The normalized spacial score (nSPS) is 29.5. The van der Waals surface area contributed by atoms with Crippen molar-refractivity contribution in [2.45, 2.75) is 25.1 Å². The van der Waals surface area contributed by atoms with E-state index in [1.54, 1.807) is 7.11 Å². The van der Waals surface area contributed by atoms with Crippen LogP contribution in [0.1, 0.15) is 24.9 Å². The van der Waals surface area contributed by atoms with Crippen LogP contribution in [0.4, 0.5) is 4.79 Å². The molecule has 1 aromatic rings. The second kappa shape index (κ2) is 3.29. The van der Waals surface area contributed by atoms with Crippen LogP contribution in [-0.4, -0.2) is 18.9 Å². The summed E-state index contributed by atoms with van der Waals surface area (Å²) >= 11 is 0. The number of hydrogen-bond donors (Lipinski definition) is 2. The summed E-state index contributed by atoms with van der Waals surface area (Å²) in [5.41, 5.74) is 0.311. The number of nitrogens with one attached hydrogen (secondary N) is 2. The molecule has 0 aromatic heterocycles. The third-order valence-electron chi connectivity index (χ3n) is 3.21. The SMILES string of the molecule is COc1cccc2c1O[C@]1(C)C[C@@H]2NC(=O)N1. The Hall–Kier alpha value is -1.91. The minimum Gasteiger partial charge on any atom is -0.493 e. The van der Waals surface area contributed by atoms with Gasteiger partial charge in [-0.1, -0.05) is 12.1 Å². The summed E-state index contributed by atoms with van der Waals surface area (Å²) in [6.07, 6.45) is 0.707. The maximum Gasteiger partial charge on any atom is 0.318 e. The van der Waals surface area contributed by atoms with Crippen LogP contribution in [0, 0.1) is 0 Å². The molecule has 3 rings (SSSR count). The molecule has 2 heterocycles. The Morgan fingerprint density at radius 3 is 3.12 bits per heavy atom. The van der Waals surface area contributed by atoms with Gasteiger partial charge in [-0.3, -0.25) is 0 Å². The summed E-state index contributed by atoms with van der Waals surface area (Å²) in [7, 11) is 1.61. The smallest absolute Gasteiger partial charge is 0.318 e. The molecule has 1 aromatic carbocycles. The molecule has 2 aliphatic rings. The monoisotopic (exact) mass is 234 g/mol. The van der Waals surface area contributed by atoms with Crippen molar-refractivity contribution < 1.29 is 14.3 Å². The van der Waals surface area contributed by atoms with E-state index in [0.717, 1.165) is 5.56 Å². The van der Waals surface area contributed by atoms with E-state index in [1.165, 1.54) is 0 Å². The van der Waals surface area contributed by atoms with E-state index in [1.807, 2.05) is 25.1 Å². The lowest BCUT2D eigenvalue weighted by Gasteiger charge is -2.44. The molecule has 2 bridgehead atoms. The Bertz CT molecular complexity index is 489. The van der Waals surface area contributed by atoms with Crippen LogP contribution in [0.5, 0.6) is 11.5 Å². The second-order valence-electron chi connectivity index (χ2n) is 4.57. The van der Waals surface area contributed by atoms with E-state index in [4.69, 9.17) is 9.47 Å². The fraction of sp³-hybridized carbons (Fsp3) is 0.417. The molecule has 2 amide bonds. The van der Waals surface area contributed by atoms with Crippen molar-refractivity contribution in [2.24, 2.45) is 0 Å².